The molecule has 2 aromatic rings. The van der Waals surface area contributed by atoms with Gasteiger partial charge in [-0.25, -0.2) is 0 Å². The van der Waals surface area contributed by atoms with Gasteiger partial charge in [0, 0.05) is 10.0 Å². The zero-order chi connectivity index (χ0) is 21.6. The highest BCUT2D eigenvalue weighted by Gasteiger charge is 2.63. The van der Waals surface area contributed by atoms with Gasteiger partial charge in [0.15, 0.2) is 0 Å². The molecule has 1 aliphatic heterocycles. The molecule has 0 aliphatic carbocycles. The second-order valence-corrected chi connectivity index (χ2v) is 8.91. The topological polar surface area (TPSA) is 52.9 Å². The van der Waals surface area contributed by atoms with Gasteiger partial charge in [-0.15, -0.1) is 0 Å². The number of aliphatic hydroxyl groups is 1. The van der Waals surface area contributed by atoms with Crippen molar-refractivity contribution in [2.45, 2.75) is 44.5 Å². The fraction of sp³-hybridized carbons (Fsp3) is 0.333. The Morgan fingerprint density at radius 1 is 1.14 bits per heavy atom. The molecule has 0 bridgehead atoms. The number of carbonyl (C=O) groups excluding carboxylic acids is 1. The van der Waals surface area contributed by atoms with Crippen molar-refractivity contribution in [3.05, 3.63) is 69.7 Å². The van der Waals surface area contributed by atoms with Crippen LogP contribution in [0, 0.1) is 0 Å². The van der Waals surface area contributed by atoms with Crippen molar-refractivity contribution >= 4 is 27.5 Å². The van der Waals surface area contributed by atoms with Gasteiger partial charge in [0.05, 0.1) is 12.1 Å². The van der Waals surface area contributed by atoms with Crippen LogP contribution in [-0.2, 0) is 5.41 Å². The molecule has 1 heterocycles. The number of alkyl halides is 3. The number of carbonyl (C=O) groups is 1. The molecule has 0 saturated heterocycles. The summed E-state index contributed by atoms with van der Waals surface area (Å²) < 4.78 is 41.8. The number of nitrogens with zero attached hydrogens (tertiary/aromatic N) is 2. The maximum absolute atomic E-state index is 13.7. The first-order chi connectivity index (χ1) is 13.3. The zero-order valence-corrected chi connectivity index (χ0v) is 17.7. The summed E-state index contributed by atoms with van der Waals surface area (Å²) in [6.07, 6.45) is -5.93. The molecule has 4 nitrogen and oxygen atoms in total. The second-order valence-electron chi connectivity index (χ2n) is 7.99. The van der Waals surface area contributed by atoms with Crippen LogP contribution in [0.2, 0.25) is 0 Å². The monoisotopic (exact) mass is 468 g/mol. The Labute approximate surface area is 175 Å². The highest BCUT2D eigenvalue weighted by molar-refractivity contribution is 9.10. The van der Waals surface area contributed by atoms with E-state index < -0.39 is 24.2 Å². The molecule has 3 rings (SSSR count). The summed E-state index contributed by atoms with van der Waals surface area (Å²) in [5.41, 5.74) is -2.27. The van der Waals surface area contributed by atoms with Crippen LogP contribution < -0.4 is 0 Å². The quantitative estimate of drug-likeness (QED) is 0.654. The van der Waals surface area contributed by atoms with Gasteiger partial charge in [-0.05, 0) is 40.8 Å². The molecular weight excluding hydrogens is 449 g/mol. The maximum atomic E-state index is 13.7. The minimum absolute atomic E-state index is 0.0138. The number of benzene rings is 2. The smallest absolute Gasteiger partial charge is 0.362 e. The van der Waals surface area contributed by atoms with E-state index in [2.05, 4.69) is 21.0 Å². The summed E-state index contributed by atoms with van der Waals surface area (Å²) in [6, 6.07) is 12.8. The fourth-order valence-corrected chi connectivity index (χ4v) is 3.44. The van der Waals surface area contributed by atoms with Crippen LogP contribution in [0.5, 0.6) is 0 Å². The summed E-state index contributed by atoms with van der Waals surface area (Å²) >= 11 is 3.26. The van der Waals surface area contributed by atoms with Crippen LogP contribution in [0.4, 0.5) is 13.2 Å². The highest BCUT2D eigenvalue weighted by atomic mass is 79.9. The van der Waals surface area contributed by atoms with Crippen LogP contribution >= 0.6 is 15.9 Å². The van der Waals surface area contributed by atoms with Crippen LogP contribution in [-0.4, -0.2) is 33.6 Å². The van der Waals surface area contributed by atoms with Crippen molar-refractivity contribution in [1.82, 2.24) is 5.01 Å². The van der Waals surface area contributed by atoms with E-state index in [-0.39, 0.29) is 21.7 Å². The lowest BCUT2D eigenvalue weighted by atomic mass is 9.86. The molecule has 0 saturated carbocycles. The van der Waals surface area contributed by atoms with Gasteiger partial charge in [-0.1, -0.05) is 61.0 Å². The zero-order valence-electron chi connectivity index (χ0n) is 16.1. The molecule has 1 N–H and O–H groups in total. The molecule has 0 fully saturated rings. The largest absolute Gasteiger partial charge is 0.438 e. The van der Waals surface area contributed by atoms with Crippen molar-refractivity contribution < 1.29 is 23.1 Å². The van der Waals surface area contributed by atoms with E-state index in [1.807, 2.05) is 20.8 Å². The van der Waals surface area contributed by atoms with Crippen LogP contribution in [0.3, 0.4) is 0 Å². The Balaban J connectivity index is 2.02. The van der Waals surface area contributed by atoms with E-state index >= 15 is 0 Å². The lowest BCUT2D eigenvalue weighted by Crippen LogP contribution is -2.56. The number of hydrogen-bond acceptors (Lipinski definition) is 3. The van der Waals surface area contributed by atoms with Crippen molar-refractivity contribution in [3.8, 4) is 0 Å². The fourth-order valence-electron chi connectivity index (χ4n) is 3.04. The van der Waals surface area contributed by atoms with E-state index in [0.29, 0.717) is 10.0 Å². The Kier molecular flexibility index (Phi) is 5.38. The molecule has 1 atom stereocenters. The number of rotatable bonds is 2. The first-order valence-corrected chi connectivity index (χ1v) is 9.70. The van der Waals surface area contributed by atoms with Gasteiger partial charge in [-0.2, -0.15) is 23.3 Å². The molecular formula is C21H20BrF3N2O2. The van der Waals surface area contributed by atoms with E-state index in [4.69, 9.17) is 0 Å². The standard InChI is InChI=1S/C21H20BrF3N2O2/c1-19(2,3)15-9-7-13(8-10-15)18(28)27-20(29,21(23,24)25)12-17(26-27)14-5-4-6-16(22)11-14/h4-11,29H,12H2,1-3H3. The third-order valence-corrected chi connectivity index (χ3v) is 5.28. The van der Waals surface area contributed by atoms with E-state index in [0.717, 1.165) is 5.56 Å². The van der Waals surface area contributed by atoms with Gasteiger partial charge in [0.25, 0.3) is 11.6 Å². The second kappa shape index (κ2) is 7.25. The summed E-state index contributed by atoms with van der Waals surface area (Å²) in [7, 11) is 0. The lowest BCUT2D eigenvalue weighted by molar-refractivity contribution is -0.297. The number of hydrogen-bond donors (Lipinski definition) is 1. The third kappa shape index (κ3) is 4.09. The maximum Gasteiger partial charge on any atom is 0.438 e. The Bertz CT molecular complexity index is 965. The van der Waals surface area contributed by atoms with Crippen molar-refractivity contribution in [2.24, 2.45) is 5.10 Å². The molecule has 1 amide bonds. The summed E-state index contributed by atoms with van der Waals surface area (Å²) in [5.74, 6) is -1.02. The molecule has 29 heavy (non-hydrogen) atoms. The van der Waals surface area contributed by atoms with Crippen LogP contribution in [0.25, 0.3) is 0 Å². The van der Waals surface area contributed by atoms with Gasteiger partial charge < -0.3 is 5.11 Å². The lowest BCUT2D eigenvalue weighted by Gasteiger charge is -2.32. The third-order valence-electron chi connectivity index (χ3n) is 4.79. The number of halogens is 4. The Morgan fingerprint density at radius 2 is 1.76 bits per heavy atom. The molecule has 0 radical (unpaired) electrons. The summed E-state index contributed by atoms with van der Waals surface area (Å²) in [6.45, 7) is 5.96. The summed E-state index contributed by atoms with van der Waals surface area (Å²) in [4.78, 5) is 12.9. The molecule has 0 spiro atoms. The minimum Gasteiger partial charge on any atom is -0.362 e. The first kappa shape index (κ1) is 21.5. The molecule has 8 heteroatoms. The normalized spacial score (nSPS) is 20.0. The minimum atomic E-state index is -5.08. The average Bonchev–Trinajstić information content (AvgIpc) is 2.99. The van der Waals surface area contributed by atoms with Gasteiger partial charge in [-0.3, -0.25) is 4.79 Å². The highest BCUT2D eigenvalue weighted by Crippen LogP contribution is 2.42. The van der Waals surface area contributed by atoms with Crippen molar-refractivity contribution in [3.63, 3.8) is 0 Å². The first-order valence-electron chi connectivity index (χ1n) is 8.90. The molecule has 0 aromatic heterocycles. The van der Waals surface area contributed by atoms with E-state index in [9.17, 15) is 23.1 Å². The number of hydrazone groups is 1. The predicted molar refractivity (Wildman–Crippen MR) is 108 cm³/mol. The SMILES string of the molecule is CC(C)(C)c1ccc(C(=O)N2N=C(c3cccc(Br)c3)CC2(O)C(F)(F)F)cc1. The van der Waals surface area contributed by atoms with Crippen molar-refractivity contribution in [1.29, 1.82) is 0 Å². The molecule has 1 aliphatic rings. The molecule has 2 aromatic carbocycles. The Morgan fingerprint density at radius 3 is 2.28 bits per heavy atom. The Hall–Kier alpha value is -2.19. The average molecular weight is 469 g/mol. The van der Waals surface area contributed by atoms with Crippen molar-refractivity contribution in [2.75, 3.05) is 0 Å². The van der Waals surface area contributed by atoms with Gasteiger partial charge in [0.1, 0.15) is 0 Å². The summed E-state index contributed by atoms with van der Waals surface area (Å²) in [5, 5.41) is 14.5. The predicted octanol–water partition coefficient (Wildman–Crippen LogP) is 5.25. The molecule has 154 valence electrons. The van der Waals surface area contributed by atoms with Gasteiger partial charge in [0.2, 0.25) is 0 Å². The van der Waals surface area contributed by atoms with Gasteiger partial charge >= 0.3 is 6.18 Å². The number of amides is 1. The van der Waals surface area contributed by atoms with Crippen LogP contribution in [0.15, 0.2) is 58.1 Å². The molecule has 1 unspecified atom stereocenters. The van der Waals surface area contributed by atoms with E-state index in [1.165, 1.54) is 12.1 Å². The van der Waals surface area contributed by atoms with Crippen LogP contribution in [0.1, 0.15) is 48.7 Å². The van der Waals surface area contributed by atoms with E-state index in [1.54, 1.807) is 36.4 Å².